The number of halogens is 4. The Labute approximate surface area is 108 Å². The highest BCUT2D eigenvalue weighted by molar-refractivity contribution is 9.10. The van der Waals surface area contributed by atoms with Crippen LogP contribution in [-0.2, 0) is 11.0 Å². The average molecular weight is 328 g/mol. The summed E-state index contributed by atoms with van der Waals surface area (Å²) in [5, 5.41) is 18.7. The number of amides is 1. The first-order valence-corrected chi connectivity index (χ1v) is 5.46. The molecule has 0 bridgehead atoms. The number of primary amides is 1. The van der Waals surface area contributed by atoms with Crippen molar-refractivity contribution in [2.75, 3.05) is 0 Å². The van der Waals surface area contributed by atoms with E-state index in [0.29, 0.717) is 0 Å². The van der Waals surface area contributed by atoms with Gasteiger partial charge in [-0.05, 0) is 17.7 Å². The first-order valence-electron chi connectivity index (χ1n) is 4.66. The fraction of sp³-hybridized carbons (Fsp3) is 0.300. The number of aliphatic hydroxyl groups is 2. The van der Waals surface area contributed by atoms with E-state index in [-0.39, 0.29) is 4.47 Å². The van der Waals surface area contributed by atoms with Gasteiger partial charge in [0.2, 0.25) is 5.91 Å². The number of carbonyl (C=O) groups excluding carboxylic acids is 1. The van der Waals surface area contributed by atoms with Crippen LogP contribution in [0.4, 0.5) is 13.2 Å². The summed E-state index contributed by atoms with van der Waals surface area (Å²) in [6.07, 6.45) is -8.86. The molecular formula is C10H9BrF3NO3. The molecule has 1 aromatic rings. The summed E-state index contributed by atoms with van der Waals surface area (Å²) in [5.41, 5.74) is 2.96. The second-order valence-corrected chi connectivity index (χ2v) is 4.44. The molecule has 4 nitrogen and oxygen atoms in total. The minimum absolute atomic E-state index is 0.152. The van der Waals surface area contributed by atoms with Crippen LogP contribution in [0.5, 0.6) is 0 Å². The van der Waals surface area contributed by atoms with Gasteiger partial charge in [0.15, 0.2) is 6.10 Å². The van der Waals surface area contributed by atoms with Crippen LogP contribution >= 0.6 is 15.9 Å². The lowest BCUT2D eigenvalue weighted by Crippen LogP contribution is -2.34. The van der Waals surface area contributed by atoms with Crippen LogP contribution in [0.25, 0.3) is 0 Å². The number of nitrogens with two attached hydrogens (primary N) is 1. The van der Waals surface area contributed by atoms with Crippen LogP contribution < -0.4 is 5.73 Å². The minimum atomic E-state index is -4.72. The van der Waals surface area contributed by atoms with Crippen molar-refractivity contribution < 1.29 is 28.2 Å². The molecule has 2 unspecified atom stereocenters. The Balaban J connectivity index is 3.28. The highest BCUT2D eigenvalue weighted by atomic mass is 79.9. The summed E-state index contributed by atoms with van der Waals surface area (Å²) in [6, 6.07) is 2.96. The van der Waals surface area contributed by atoms with Gasteiger partial charge in [-0.15, -0.1) is 0 Å². The molecule has 100 valence electrons. The molecule has 0 fully saturated rings. The van der Waals surface area contributed by atoms with Crippen molar-refractivity contribution in [3.8, 4) is 0 Å². The molecule has 0 aromatic heterocycles. The summed E-state index contributed by atoms with van der Waals surface area (Å²) < 4.78 is 38.3. The third-order valence-corrected chi connectivity index (χ3v) is 2.72. The Morgan fingerprint density at radius 2 is 1.89 bits per heavy atom. The minimum Gasteiger partial charge on any atom is -0.385 e. The molecule has 1 aromatic carbocycles. The van der Waals surface area contributed by atoms with E-state index in [0.717, 1.165) is 12.1 Å². The van der Waals surface area contributed by atoms with E-state index >= 15 is 0 Å². The predicted molar refractivity (Wildman–Crippen MR) is 59.3 cm³/mol. The van der Waals surface area contributed by atoms with Gasteiger partial charge in [-0.25, -0.2) is 0 Å². The number of aliphatic hydroxyl groups excluding tert-OH is 2. The average Bonchev–Trinajstić information content (AvgIpc) is 2.25. The van der Waals surface area contributed by atoms with E-state index in [1.807, 2.05) is 0 Å². The van der Waals surface area contributed by atoms with Crippen LogP contribution in [0.3, 0.4) is 0 Å². The lowest BCUT2D eigenvalue weighted by Gasteiger charge is -2.20. The van der Waals surface area contributed by atoms with Gasteiger partial charge in [-0.3, -0.25) is 4.79 Å². The predicted octanol–water partition coefficient (Wildman–Crippen LogP) is 1.35. The number of hydrogen-bond donors (Lipinski definition) is 3. The molecule has 0 saturated carbocycles. The van der Waals surface area contributed by atoms with Crippen LogP contribution in [0.15, 0.2) is 22.7 Å². The highest BCUT2D eigenvalue weighted by Gasteiger charge is 2.37. The number of hydrogen-bond acceptors (Lipinski definition) is 3. The quantitative estimate of drug-likeness (QED) is 0.783. The molecule has 8 heteroatoms. The van der Waals surface area contributed by atoms with E-state index in [2.05, 4.69) is 15.9 Å². The molecule has 0 heterocycles. The monoisotopic (exact) mass is 327 g/mol. The number of benzene rings is 1. The first kappa shape index (κ1) is 14.9. The second kappa shape index (κ2) is 5.25. The summed E-state index contributed by atoms with van der Waals surface area (Å²) in [7, 11) is 0. The van der Waals surface area contributed by atoms with Crippen molar-refractivity contribution in [3.63, 3.8) is 0 Å². The van der Waals surface area contributed by atoms with Gasteiger partial charge in [0, 0.05) is 4.47 Å². The zero-order chi connectivity index (χ0) is 14.1. The fourth-order valence-corrected chi connectivity index (χ4v) is 1.72. The van der Waals surface area contributed by atoms with Crippen molar-refractivity contribution >= 4 is 21.8 Å². The molecule has 0 spiro atoms. The van der Waals surface area contributed by atoms with E-state index in [1.54, 1.807) is 0 Å². The maximum Gasteiger partial charge on any atom is 0.416 e. The van der Waals surface area contributed by atoms with Gasteiger partial charge in [0.25, 0.3) is 0 Å². The lowest BCUT2D eigenvalue weighted by molar-refractivity contribution is -0.142. The van der Waals surface area contributed by atoms with Crippen LogP contribution in [0.2, 0.25) is 0 Å². The zero-order valence-electron chi connectivity index (χ0n) is 8.78. The zero-order valence-corrected chi connectivity index (χ0v) is 10.4. The molecule has 2 atom stereocenters. The van der Waals surface area contributed by atoms with Gasteiger partial charge in [-0.2, -0.15) is 13.2 Å². The lowest BCUT2D eigenvalue weighted by atomic mass is 9.98. The summed E-state index contributed by atoms with van der Waals surface area (Å²) in [4.78, 5) is 10.7. The Bertz CT molecular complexity index is 464. The van der Waals surface area contributed by atoms with Crippen LogP contribution in [0.1, 0.15) is 17.2 Å². The van der Waals surface area contributed by atoms with E-state index in [9.17, 15) is 28.2 Å². The maximum atomic E-state index is 12.7. The van der Waals surface area contributed by atoms with E-state index < -0.39 is 35.4 Å². The Morgan fingerprint density at radius 3 is 2.33 bits per heavy atom. The third kappa shape index (κ3) is 3.21. The summed E-state index contributed by atoms with van der Waals surface area (Å²) in [5.74, 6) is -1.31. The number of carbonyl (C=O) groups is 1. The number of alkyl halides is 3. The Kier molecular flexibility index (Phi) is 4.36. The molecular weight excluding hydrogens is 319 g/mol. The van der Waals surface area contributed by atoms with Gasteiger partial charge < -0.3 is 15.9 Å². The largest absolute Gasteiger partial charge is 0.416 e. The first-order chi connectivity index (χ1) is 8.14. The number of rotatable bonds is 3. The molecule has 0 aliphatic carbocycles. The molecule has 0 saturated heterocycles. The van der Waals surface area contributed by atoms with Crippen molar-refractivity contribution in [2.45, 2.75) is 18.4 Å². The van der Waals surface area contributed by atoms with Gasteiger partial charge in [0.05, 0.1) is 5.56 Å². The molecule has 0 aliphatic rings. The van der Waals surface area contributed by atoms with Crippen LogP contribution in [0, 0.1) is 0 Å². The van der Waals surface area contributed by atoms with Gasteiger partial charge >= 0.3 is 6.18 Å². The van der Waals surface area contributed by atoms with Gasteiger partial charge in [0.1, 0.15) is 6.10 Å². The maximum absolute atomic E-state index is 12.7. The molecule has 0 radical (unpaired) electrons. The summed E-state index contributed by atoms with van der Waals surface area (Å²) in [6.45, 7) is 0. The molecule has 1 rings (SSSR count). The van der Waals surface area contributed by atoms with Crippen LogP contribution in [-0.4, -0.2) is 22.2 Å². The summed E-state index contributed by atoms with van der Waals surface area (Å²) >= 11 is 2.87. The van der Waals surface area contributed by atoms with E-state index in [1.165, 1.54) is 6.07 Å². The molecule has 1 amide bonds. The fourth-order valence-electron chi connectivity index (χ4n) is 1.36. The molecule has 0 aliphatic heterocycles. The SMILES string of the molecule is NC(=O)C(O)C(O)c1ccc(Br)cc1C(F)(F)F. The second-order valence-electron chi connectivity index (χ2n) is 3.52. The Morgan fingerprint density at radius 1 is 1.33 bits per heavy atom. The standard InChI is InChI=1S/C10H9BrF3NO3/c11-4-1-2-5(6(3-4)10(12,13)14)7(16)8(17)9(15)18/h1-3,7-8,16-17H,(H2,15,18). The van der Waals surface area contributed by atoms with Crippen molar-refractivity contribution in [1.29, 1.82) is 0 Å². The third-order valence-electron chi connectivity index (χ3n) is 2.23. The van der Waals surface area contributed by atoms with Crippen molar-refractivity contribution in [3.05, 3.63) is 33.8 Å². The van der Waals surface area contributed by atoms with E-state index in [4.69, 9.17) is 5.73 Å². The van der Waals surface area contributed by atoms with Crippen molar-refractivity contribution in [1.82, 2.24) is 0 Å². The smallest absolute Gasteiger partial charge is 0.385 e. The highest BCUT2D eigenvalue weighted by Crippen LogP contribution is 2.37. The molecule has 18 heavy (non-hydrogen) atoms. The normalized spacial score (nSPS) is 15.2. The topological polar surface area (TPSA) is 83.6 Å². The van der Waals surface area contributed by atoms with Crippen molar-refractivity contribution in [2.24, 2.45) is 5.73 Å². The molecule has 4 N–H and O–H groups in total. The Hall–Kier alpha value is -1.12. The van der Waals surface area contributed by atoms with Gasteiger partial charge in [-0.1, -0.05) is 22.0 Å².